The summed E-state index contributed by atoms with van der Waals surface area (Å²) in [6.07, 6.45) is 5.07. The van der Waals surface area contributed by atoms with Crippen molar-refractivity contribution in [1.29, 1.82) is 0 Å². The average molecular weight is 391 g/mol. The molecule has 0 spiro atoms. The Morgan fingerprint density at radius 2 is 1.89 bits per heavy atom. The molecule has 2 aliphatic rings. The molecule has 0 aromatic heterocycles. The van der Waals surface area contributed by atoms with Crippen molar-refractivity contribution in [2.75, 3.05) is 32.5 Å². The Kier molecular flexibility index (Phi) is 6.59. The monoisotopic (exact) mass is 390 g/mol. The molecule has 27 heavy (non-hydrogen) atoms. The number of aliphatic hydroxyl groups is 1. The predicted molar refractivity (Wildman–Crippen MR) is 108 cm³/mol. The molecule has 1 aromatic rings. The van der Waals surface area contributed by atoms with Gasteiger partial charge in [-0.1, -0.05) is 30.9 Å². The summed E-state index contributed by atoms with van der Waals surface area (Å²) in [6, 6.07) is 8.42. The standard InChI is InChI=1S/C21H30N2O3S/c1-3-4-5-8-17-9-11-18(12-10-17)21-19-15-22(27(2,25)26)13-6-7-14-23(19)20(21)16-24/h9-12,19-21,24H,3-4,6-7,13-16H2,1-2H3/t19-,20-,21+/m1/s1. The first-order valence-corrected chi connectivity index (χ1v) is 11.7. The van der Waals surface area contributed by atoms with Gasteiger partial charge in [0.2, 0.25) is 10.0 Å². The third-order valence-electron chi connectivity index (χ3n) is 5.70. The van der Waals surface area contributed by atoms with Gasteiger partial charge in [0.1, 0.15) is 0 Å². The molecule has 0 amide bonds. The van der Waals surface area contributed by atoms with Crippen LogP contribution in [0, 0.1) is 11.8 Å². The Hall–Kier alpha value is -1.39. The lowest BCUT2D eigenvalue weighted by molar-refractivity contribution is -0.0553. The highest BCUT2D eigenvalue weighted by atomic mass is 32.2. The Balaban J connectivity index is 1.82. The topological polar surface area (TPSA) is 60.9 Å². The van der Waals surface area contributed by atoms with Crippen molar-refractivity contribution in [3.05, 3.63) is 35.4 Å². The van der Waals surface area contributed by atoms with Gasteiger partial charge >= 0.3 is 0 Å². The van der Waals surface area contributed by atoms with Crippen LogP contribution >= 0.6 is 0 Å². The lowest BCUT2D eigenvalue weighted by atomic mass is 9.74. The zero-order valence-corrected chi connectivity index (χ0v) is 17.1. The largest absolute Gasteiger partial charge is 0.395 e. The van der Waals surface area contributed by atoms with Crippen LogP contribution in [0.4, 0.5) is 0 Å². The zero-order valence-electron chi connectivity index (χ0n) is 16.3. The molecule has 0 aliphatic carbocycles. The first kappa shape index (κ1) is 20.3. The number of rotatable bonds is 4. The molecule has 0 saturated carbocycles. The normalized spacial score (nSPS) is 26.9. The summed E-state index contributed by atoms with van der Waals surface area (Å²) >= 11 is 0. The lowest BCUT2D eigenvalue weighted by Gasteiger charge is -2.57. The first-order chi connectivity index (χ1) is 13.0. The Bertz CT molecular complexity index is 795. The van der Waals surface area contributed by atoms with Crippen molar-refractivity contribution in [3.8, 4) is 11.8 Å². The molecule has 0 radical (unpaired) electrons. The SMILES string of the molecule is CCCC#Cc1ccc([C@@H]2[C@@H](CO)N3CCCCN(S(C)(=O)=O)C[C@H]23)cc1. The maximum absolute atomic E-state index is 12.1. The van der Waals surface area contributed by atoms with E-state index < -0.39 is 10.0 Å². The van der Waals surface area contributed by atoms with Crippen molar-refractivity contribution >= 4 is 10.0 Å². The van der Waals surface area contributed by atoms with E-state index in [9.17, 15) is 13.5 Å². The van der Waals surface area contributed by atoms with Crippen LogP contribution in [0.2, 0.25) is 0 Å². The van der Waals surface area contributed by atoms with E-state index in [0.717, 1.165) is 43.4 Å². The quantitative estimate of drug-likeness (QED) is 0.799. The highest BCUT2D eigenvalue weighted by Gasteiger charge is 2.49. The fourth-order valence-electron chi connectivity index (χ4n) is 4.29. The van der Waals surface area contributed by atoms with Crippen LogP contribution in [0.5, 0.6) is 0 Å². The molecule has 1 aromatic carbocycles. The molecule has 5 nitrogen and oxygen atoms in total. The molecule has 2 fully saturated rings. The first-order valence-electron chi connectivity index (χ1n) is 9.86. The van der Waals surface area contributed by atoms with E-state index in [2.05, 4.69) is 35.8 Å². The Morgan fingerprint density at radius 3 is 2.52 bits per heavy atom. The van der Waals surface area contributed by atoms with Crippen LogP contribution in [-0.2, 0) is 10.0 Å². The number of unbranched alkanes of at least 4 members (excludes halogenated alkanes) is 1. The second-order valence-electron chi connectivity index (χ2n) is 7.58. The van der Waals surface area contributed by atoms with Gasteiger partial charge in [-0.2, -0.15) is 0 Å². The number of nitrogens with zero attached hydrogens (tertiary/aromatic N) is 2. The predicted octanol–water partition coefficient (Wildman–Crippen LogP) is 2.02. The Morgan fingerprint density at radius 1 is 1.19 bits per heavy atom. The number of fused-ring (bicyclic) bond motifs is 1. The third-order valence-corrected chi connectivity index (χ3v) is 6.97. The summed E-state index contributed by atoms with van der Waals surface area (Å²) in [7, 11) is -3.21. The van der Waals surface area contributed by atoms with Crippen molar-refractivity contribution in [2.24, 2.45) is 0 Å². The molecule has 3 atom stereocenters. The Labute approximate surface area is 163 Å². The molecular weight excluding hydrogens is 360 g/mol. The number of hydrogen-bond acceptors (Lipinski definition) is 4. The number of sulfonamides is 1. The van der Waals surface area contributed by atoms with Crippen LogP contribution in [0.3, 0.4) is 0 Å². The van der Waals surface area contributed by atoms with Crippen LogP contribution in [0.1, 0.15) is 49.7 Å². The summed E-state index contributed by atoms with van der Waals surface area (Å²) < 4.78 is 25.9. The number of hydrogen-bond donors (Lipinski definition) is 1. The average Bonchev–Trinajstić information content (AvgIpc) is 2.61. The molecule has 2 saturated heterocycles. The molecule has 0 unspecified atom stereocenters. The third kappa shape index (κ3) is 4.55. The van der Waals surface area contributed by atoms with Crippen LogP contribution < -0.4 is 0 Å². The number of benzene rings is 1. The zero-order chi connectivity index (χ0) is 19.4. The van der Waals surface area contributed by atoms with Gasteiger partial charge in [0.05, 0.1) is 12.9 Å². The van der Waals surface area contributed by atoms with Crippen molar-refractivity contribution in [2.45, 2.75) is 50.6 Å². The van der Waals surface area contributed by atoms with Gasteiger partial charge < -0.3 is 5.11 Å². The van der Waals surface area contributed by atoms with E-state index in [1.807, 2.05) is 12.1 Å². The van der Waals surface area contributed by atoms with E-state index in [0.29, 0.717) is 13.1 Å². The smallest absolute Gasteiger partial charge is 0.211 e. The molecule has 1 N–H and O–H groups in total. The maximum atomic E-state index is 12.1. The van der Waals surface area contributed by atoms with Crippen molar-refractivity contribution in [3.63, 3.8) is 0 Å². The van der Waals surface area contributed by atoms with E-state index >= 15 is 0 Å². The highest BCUT2D eigenvalue weighted by Crippen LogP contribution is 2.42. The second kappa shape index (κ2) is 8.74. The fourth-order valence-corrected chi connectivity index (χ4v) is 5.17. The molecule has 6 heteroatoms. The summed E-state index contributed by atoms with van der Waals surface area (Å²) in [5.74, 6) is 6.48. The summed E-state index contributed by atoms with van der Waals surface area (Å²) in [5, 5.41) is 9.95. The van der Waals surface area contributed by atoms with Crippen LogP contribution in [0.15, 0.2) is 24.3 Å². The molecule has 0 bridgehead atoms. The van der Waals surface area contributed by atoms with Gasteiger partial charge in [0.15, 0.2) is 0 Å². The lowest BCUT2D eigenvalue weighted by Crippen LogP contribution is -2.67. The minimum Gasteiger partial charge on any atom is -0.395 e. The number of aliphatic hydroxyl groups excluding tert-OH is 1. The van der Waals surface area contributed by atoms with Crippen molar-refractivity contribution in [1.82, 2.24) is 9.21 Å². The molecule has 2 heterocycles. The van der Waals surface area contributed by atoms with Gasteiger partial charge in [-0.25, -0.2) is 12.7 Å². The van der Waals surface area contributed by atoms with E-state index in [-0.39, 0.29) is 24.6 Å². The summed E-state index contributed by atoms with van der Waals surface area (Å²) in [4.78, 5) is 2.29. The second-order valence-corrected chi connectivity index (χ2v) is 9.57. The van der Waals surface area contributed by atoms with Crippen molar-refractivity contribution < 1.29 is 13.5 Å². The van der Waals surface area contributed by atoms with Gasteiger partial charge in [-0.05, 0) is 43.5 Å². The molecular formula is C21H30N2O3S. The maximum Gasteiger partial charge on any atom is 0.211 e. The minimum atomic E-state index is -3.21. The van der Waals surface area contributed by atoms with Crippen LogP contribution in [0.25, 0.3) is 0 Å². The van der Waals surface area contributed by atoms with Gasteiger partial charge in [-0.3, -0.25) is 4.90 Å². The minimum absolute atomic E-state index is 0.0616. The van der Waals surface area contributed by atoms with E-state index in [4.69, 9.17) is 0 Å². The van der Waals surface area contributed by atoms with Gasteiger partial charge in [0, 0.05) is 43.1 Å². The summed E-state index contributed by atoms with van der Waals surface area (Å²) in [5.41, 5.74) is 2.16. The van der Waals surface area contributed by atoms with E-state index in [1.54, 1.807) is 4.31 Å². The van der Waals surface area contributed by atoms with E-state index in [1.165, 1.54) is 6.26 Å². The molecule has 2 aliphatic heterocycles. The van der Waals surface area contributed by atoms with Gasteiger partial charge in [0.25, 0.3) is 0 Å². The molecule has 148 valence electrons. The highest BCUT2D eigenvalue weighted by molar-refractivity contribution is 7.88. The van der Waals surface area contributed by atoms with Gasteiger partial charge in [-0.15, -0.1) is 0 Å². The molecule has 3 rings (SSSR count). The fraction of sp³-hybridized carbons (Fsp3) is 0.619. The summed E-state index contributed by atoms with van der Waals surface area (Å²) in [6.45, 7) is 4.22. The van der Waals surface area contributed by atoms with Crippen LogP contribution in [-0.4, -0.2) is 67.3 Å².